The average Bonchev–Trinajstić information content (AvgIpc) is 3.21. The Morgan fingerprint density at radius 3 is 2.14 bits per heavy atom. The lowest BCUT2D eigenvalue weighted by Gasteiger charge is -2.15. The number of aromatic nitrogens is 1. The highest BCUT2D eigenvalue weighted by Crippen LogP contribution is 2.38. The summed E-state index contributed by atoms with van der Waals surface area (Å²) >= 11 is 0. The van der Waals surface area contributed by atoms with Crippen LogP contribution in [0.5, 0.6) is 0 Å². The Morgan fingerprint density at radius 2 is 1.53 bits per heavy atom. The van der Waals surface area contributed by atoms with Crippen LogP contribution in [0.3, 0.4) is 0 Å². The van der Waals surface area contributed by atoms with E-state index in [9.17, 15) is 9.18 Å². The minimum Gasteiger partial charge on any atom is -0.466 e. The molecule has 0 spiro atoms. The predicted molar refractivity (Wildman–Crippen MR) is 150 cm³/mol. The number of hydrogen-bond donors (Lipinski definition) is 0. The van der Waals surface area contributed by atoms with Gasteiger partial charge in [0.2, 0.25) is 0 Å². The van der Waals surface area contributed by atoms with Gasteiger partial charge in [0, 0.05) is 28.1 Å². The molecule has 0 amide bonds. The van der Waals surface area contributed by atoms with E-state index in [4.69, 9.17) is 4.74 Å². The maximum Gasteiger partial charge on any atom is 0.333 e. The molecule has 1 aromatic heterocycles. The highest BCUT2D eigenvalue weighted by atomic mass is 19.1. The number of nitrogens with zero attached hydrogens (tertiary/aromatic N) is 1. The van der Waals surface area contributed by atoms with Crippen molar-refractivity contribution in [1.29, 1.82) is 0 Å². The second kappa shape index (κ2) is 14.0. The predicted octanol–water partition coefficient (Wildman–Crippen LogP) is 9.51. The van der Waals surface area contributed by atoms with E-state index in [2.05, 4.69) is 37.5 Å². The molecule has 0 unspecified atom stereocenters. The summed E-state index contributed by atoms with van der Waals surface area (Å²) in [6, 6.07) is 15.1. The van der Waals surface area contributed by atoms with Gasteiger partial charge in [-0.2, -0.15) is 0 Å². The van der Waals surface area contributed by atoms with Crippen LogP contribution in [0.15, 0.2) is 54.1 Å². The Hall–Kier alpha value is -2.88. The molecule has 3 aromatic rings. The molecule has 2 aromatic carbocycles. The van der Waals surface area contributed by atoms with Gasteiger partial charge in [0.25, 0.3) is 0 Å². The molecule has 0 radical (unpaired) electrons. The van der Waals surface area contributed by atoms with Crippen molar-refractivity contribution in [3.63, 3.8) is 0 Å². The van der Waals surface area contributed by atoms with E-state index in [0.717, 1.165) is 40.6 Å². The number of unbranched alkanes of at least 4 members (excludes halogenated alkanes) is 8. The molecule has 3 rings (SSSR count). The number of rotatable bonds is 14. The van der Waals surface area contributed by atoms with Crippen molar-refractivity contribution in [2.24, 2.45) is 0 Å². The van der Waals surface area contributed by atoms with Crippen LogP contribution in [0.1, 0.15) is 96.7 Å². The van der Waals surface area contributed by atoms with Gasteiger partial charge in [0.1, 0.15) is 5.82 Å². The molecule has 0 aliphatic carbocycles. The Kier molecular flexibility index (Phi) is 10.8. The molecule has 0 bridgehead atoms. The summed E-state index contributed by atoms with van der Waals surface area (Å²) in [6.45, 7) is 6.54. The van der Waals surface area contributed by atoms with Gasteiger partial charge in [-0.25, -0.2) is 9.18 Å². The maximum absolute atomic E-state index is 13.7. The lowest BCUT2D eigenvalue weighted by molar-refractivity contribution is -0.136. The van der Waals surface area contributed by atoms with Crippen LogP contribution in [-0.2, 0) is 9.53 Å². The van der Waals surface area contributed by atoms with Gasteiger partial charge in [0.15, 0.2) is 0 Å². The fourth-order valence-corrected chi connectivity index (χ4v) is 5.06. The van der Waals surface area contributed by atoms with Gasteiger partial charge >= 0.3 is 5.97 Å². The van der Waals surface area contributed by atoms with E-state index in [1.807, 2.05) is 30.3 Å². The monoisotopic (exact) mass is 491 g/mol. The number of para-hydroxylation sites is 1. The molecule has 36 heavy (non-hydrogen) atoms. The molecule has 0 atom stereocenters. The summed E-state index contributed by atoms with van der Waals surface area (Å²) in [5.74, 6) is -0.538. The topological polar surface area (TPSA) is 31.2 Å². The third-order valence-electron chi connectivity index (χ3n) is 6.91. The largest absolute Gasteiger partial charge is 0.466 e. The van der Waals surface area contributed by atoms with E-state index in [0.29, 0.717) is 12.0 Å². The highest BCUT2D eigenvalue weighted by Gasteiger charge is 2.21. The van der Waals surface area contributed by atoms with E-state index in [-0.39, 0.29) is 17.8 Å². The van der Waals surface area contributed by atoms with Gasteiger partial charge in [-0.05, 0) is 56.5 Å². The van der Waals surface area contributed by atoms with Crippen LogP contribution in [0, 0.1) is 5.82 Å². The molecule has 4 heteroatoms. The third kappa shape index (κ3) is 7.09. The number of ether oxygens (including phenoxy) is 1. The summed E-state index contributed by atoms with van der Waals surface area (Å²) in [7, 11) is 1.45. The number of carbonyl (C=O) groups is 1. The Bertz CT molecular complexity index is 1140. The number of carbonyl (C=O) groups excluding carboxylic acids is 1. The van der Waals surface area contributed by atoms with Crippen molar-refractivity contribution in [1.82, 2.24) is 4.57 Å². The Morgan fingerprint density at radius 1 is 0.917 bits per heavy atom. The molecule has 0 saturated heterocycles. The van der Waals surface area contributed by atoms with Gasteiger partial charge in [0.05, 0.1) is 12.8 Å². The van der Waals surface area contributed by atoms with E-state index < -0.39 is 0 Å². The van der Waals surface area contributed by atoms with Crippen molar-refractivity contribution in [2.45, 2.75) is 91.0 Å². The van der Waals surface area contributed by atoms with Gasteiger partial charge < -0.3 is 9.30 Å². The molecule has 0 saturated carbocycles. The second-order valence-corrected chi connectivity index (χ2v) is 9.99. The van der Waals surface area contributed by atoms with Crippen LogP contribution in [0.25, 0.3) is 28.1 Å². The molecule has 0 fully saturated rings. The quantitative estimate of drug-likeness (QED) is 0.128. The van der Waals surface area contributed by atoms with Crippen molar-refractivity contribution >= 4 is 22.9 Å². The molecule has 1 heterocycles. The molecule has 0 aliphatic heterocycles. The highest BCUT2D eigenvalue weighted by molar-refractivity contribution is 6.03. The third-order valence-corrected chi connectivity index (χ3v) is 6.91. The SMILES string of the molecule is CCCCCCCCCCCC(=Cc1c(-c2ccc(F)cc2)c2ccccc2n1C(C)C)C(=O)OC. The van der Waals surface area contributed by atoms with E-state index in [1.165, 1.54) is 64.2 Å². The lowest BCUT2D eigenvalue weighted by atomic mass is 9.99. The zero-order chi connectivity index (χ0) is 25.9. The minimum absolute atomic E-state index is 0.182. The van der Waals surface area contributed by atoms with Crippen molar-refractivity contribution in [3.05, 3.63) is 65.6 Å². The fraction of sp³-hybridized carbons (Fsp3) is 0.469. The Labute approximate surface area is 216 Å². The summed E-state index contributed by atoms with van der Waals surface area (Å²) in [4.78, 5) is 12.8. The maximum atomic E-state index is 13.7. The van der Waals surface area contributed by atoms with Crippen LogP contribution < -0.4 is 0 Å². The first-order chi connectivity index (χ1) is 17.5. The lowest BCUT2D eigenvalue weighted by Crippen LogP contribution is -2.08. The number of methoxy groups -OCH3 is 1. The summed E-state index contributed by atoms with van der Waals surface area (Å²) in [6.07, 6.45) is 13.8. The van der Waals surface area contributed by atoms with E-state index >= 15 is 0 Å². The fourth-order valence-electron chi connectivity index (χ4n) is 5.06. The van der Waals surface area contributed by atoms with Crippen LogP contribution in [0.2, 0.25) is 0 Å². The number of hydrogen-bond acceptors (Lipinski definition) is 2. The molecule has 0 aliphatic rings. The van der Waals surface area contributed by atoms with Gasteiger partial charge in [-0.15, -0.1) is 0 Å². The van der Waals surface area contributed by atoms with E-state index in [1.54, 1.807) is 0 Å². The molecular formula is C32H42FNO2. The molecular weight excluding hydrogens is 449 g/mol. The van der Waals surface area contributed by atoms with Gasteiger partial charge in [-0.1, -0.05) is 88.6 Å². The first-order valence-electron chi connectivity index (χ1n) is 13.7. The average molecular weight is 492 g/mol. The zero-order valence-electron chi connectivity index (χ0n) is 22.5. The molecule has 3 nitrogen and oxygen atoms in total. The van der Waals surface area contributed by atoms with Gasteiger partial charge in [-0.3, -0.25) is 0 Å². The summed E-state index contributed by atoms with van der Waals surface area (Å²) < 4.78 is 21.2. The number of esters is 1. The standard InChI is InChI=1S/C32H42FNO2/c1-5-6-7-8-9-10-11-12-13-16-26(32(35)36-4)23-30-31(25-19-21-27(33)22-20-25)28-17-14-15-18-29(28)34(30)24(2)3/h14-15,17-24H,5-13,16H2,1-4H3. The number of fused-ring (bicyclic) bond motifs is 1. The van der Waals surface area contributed by atoms with Crippen LogP contribution in [0.4, 0.5) is 4.39 Å². The van der Waals surface area contributed by atoms with Crippen molar-refractivity contribution < 1.29 is 13.9 Å². The normalized spacial score (nSPS) is 12.0. The smallest absolute Gasteiger partial charge is 0.333 e. The second-order valence-electron chi connectivity index (χ2n) is 9.99. The number of benzene rings is 2. The van der Waals surface area contributed by atoms with Crippen molar-refractivity contribution in [2.75, 3.05) is 7.11 Å². The summed E-state index contributed by atoms with van der Waals surface area (Å²) in [5, 5.41) is 1.09. The zero-order valence-corrected chi connectivity index (χ0v) is 22.5. The minimum atomic E-state index is -0.278. The molecule has 0 N–H and O–H groups in total. The number of halogens is 1. The van der Waals surface area contributed by atoms with Crippen molar-refractivity contribution in [3.8, 4) is 11.1 Å². The summed E-state index contributed by atoms with van der Waals surface area (Å²) in [5.41, 5.74) is 4.71. The first-order valence-corrected chi connectivity index (χ1v) is 13.7. The van der Waals surface area contributed by atoms with Crippen LogP contribution in [-0.4, -0.2) is 17.6 Å². The Balaban J connectivity index is 1.90. The van der Waals surface area contributed by atoms with Crippen LogP contribution >= 0.6 is 0 Å². The molecule has 194 valence electrons. The first kappa shape index (κ1) is 27.7.